The summed E-state index contributed by atoms with van der Waals surface area (Å²) in [6, 6.07) is 0.550. The molecule has 1 aliphatic heterocycles. The molecule has 1 aromatic heterocycles. The monoisotopic (exact) mass is 168 g/mol. The van der Waals surface area contributed by atoms with Gasteiger partial charge in [-0.05, 0) is 26.3 Å². The molecule has 0 bridgehead atoms. The molecule has 3 heteroatoms. The molecule has 2 rings (SSSR count). The summed E-state index contributed by atoms with van der Waals surface area (Å²) in [5, 5.41) is 4.70. The van der Waals surface area contributed by atoms with Crippen molar-refractivity contribution in [3.05, 3.63) is 16.1 Å². The second-order valence-corrected chi connectivity index (χ2v) is 4.22. The fourth-order valence-electron chi connectivity index (χ4n) is 1.43. The number of rotatable bonds is 1. The van der Waals surface area contributed by atoms with E-state index in [0.717, 1.165) is 6.54 Å². The zero-order valence-corrected chi connectivity index (χ0v) is 7.45. The Bertz CT molecular complexity index is 238. The topological polar surface area (TPSA) is 24.9 Å². The number of aryl methyl sites for hydroxylation is 1. The molecule has 0 radical (unpaired) electrons. The van der Waals surface area contributed by atoms with Crippen molar-refractivity contribution in [1.82, 2.24) is 10.3 Å². The molecule has 0 aliphatic carbocycles. The summed E-state index contributed by atoms with van der Waals surface area (Å²) in [4.78, 5) is 5.67. The minimum Gasteiger partial charge on any atom is -0.308 e. The summed E-state index contributed by atoms with van der Waals surface area (Å²) < 4.78 is 0. The van der Waals surface area contributed by atoms with E-state index in [2.05, 4.69) is 17.2 Å². The van der Waals surface area contributed by atoms with E-state index in [-0.39, 0.29) is 0 Å². The van der Waals surface area contributed by atoms with Crippen LogP contribution in [0.2, 0.25) is 0 Å². The average molecular weight is 168 g/mol. The third-order valence-electron chi connectivity index (χ3n) is 2.00. The molecule has 2 heterocycles. The van der Waals surface area contributed by atoms with E-state index in [1.54, 1.807) is 0 Å². The lowest BCUT2D eigenvalue weighted by molar-refractivity contribution is 0.643. The quantitative estimate of drug-likeness (QED) is 0.692. The number of hydrogen-bond acceptors (Lipinski definition) is 3. The second kappa shape index (κ2) is 2.91. The van der Waals surface area contributed by atoms with Gasteiger partial charge in [0.1, 0.15) is 5.01 Å². The second-order valence-electron chi connectivity index (χ2n) is 2.96. The van der Waals surface area contributed by atoms with E-state index in [9.17, 15) is 0 Å². The molecule has 1 aromatic rings. The van der Waals surface area contributed by atoms with Crippen LogP contribution in [0.25, 0.3) is 0 Å². The molecule has 1 N–H and O–H groups in total. The molecule has 2 nitrogen and oxygen atoms in total. The molecule has 1 fully saturated rings. The first kappa shape index (κ1) is 7.25. The Morgan fingerprint density at radius 2 is 2.64 bits per heavy atom. The average Bonchev–Trinajstić information content (AvgIpc) is 2.55. The normalized spacial score (nSPS) is 24.3. The summed E-state index contributed by atoms with van der Waals surface area (Å²) in [7, 11) is 0. The van der Waals surface area contributed by atoms with Crippen LogP contribution in [0.3, 0.4) is 0 Å². The van der Waals surface area contributed by atoms with Crippen molar-refractivity contribution in [1.29, 1.82) is 0 Å². The highest BCUT2D eigenvalue weighted by molar-refractivity contribution is 7.11. The van der Waals surface area contributed by atoms with E-state index >= 15 is 0 Å². The summed E-state index contributed by atoms with van der Waals surface area (Å²) in [5.74, 6) is 0. The highest BCUT2D eigenvalue weighted by atomic mass is 32.1. The van der Waals surface area contributed by atoms with Gasteiger partial charge in [-0.2, -0.15) is 0 Å². The van der Waals surface area contributed by atoms with Gasteiger partial charge in [-0.25, -0.2) is 4.98 Å². The highest BCUT2D eigenvalue weighted by Gasteiger charge is 2.18. The summed E-state index contributed by atoms with van der Waals surface area (Å²) in [5.41, 5.74) is 0. The van der Waals surface area contributed by atoms with E-state index in [1.807, 2.05) is 17.5 Å². The van der Waals surface area contributed by atoms with Crippen molar-refractivity contribution < 1.29 is 0 Å². The molecule has 1 atom stereocenters. The minimum absolute atomic E-state index is 0.550. The lowest BCUT2D eigenvalue weighted by Gasteiger charge is -2.03. The molecular weight excluding hydrogens is 156 g/mol. The van der Waals surface area contributed by atoms with Crippen molar-refractivity contribution in [2.75, 3.05) is 6.54 Å². The van der Waals surface area contributed by atoms with Gasteiger partial charge in [-0.3, -0.25) is 0 Å². The van der Waals surface area contributed by atoms with Gasteiger partial charge >= 0.3 is 0 Å². The van der Waals surface area contributed by atoms with Crippen molar-refractivity contribution in [3.8, 4) is 0 Å². The third kappa shape index (κ3) is 1.44. The van der Waals surface area contributed by atoms with Crippen molar-refractivity contribution in [2.45, 2.75) is 25.8 Å². The number of aromatic nitrogens is 1. The first-order valence-electron chi connectivity index (χ1n) is 4.02. The van der Waals surface area contributed by atoms with Gasteiger partial charge in [0.15, 0.2) is 0 Å². The largest absolute Gasteiger partial charge is 0.308 e. The first-order valence-corrected chi connectivity index (χ1v) is 4.83. The van der Waals surface area contributed by atoms with Gasteiger partial charge in [0.25, 0.3) is 0 Å². The maximum atomic E-state index is 4.35. The molecule has 60 valence electrons. The molecule has 0 aromatic carbocycles. The van der Waals surface area contributed by atoms with Gasteiger partial charge in [0.2, 0.25) is 0 Å². The molecule has 0 spiro atoms. The van der Waals surface area contributed by atoms with Gasteiger partial charge in [-0.15, -0.1) is 11.3 Å². The molecule has 0 saturated carbocycles. The highest BCUT2D eigenvalue weighted by Crippen LogP contribution is 2.26. The van der Waals surface area contributed by atoms with Crippen molar-refractivity contribution in [3.63, 3.8) is 0 Å². The summed E-state index contributed by atoms with van der Waals surface area (Å²) >= 11 is 1.81. The molecule has 11 heavy (non-hydrogen) atoms. The van der Waals surface area contributed by atoms with E-state index in [4.69, 9.17) is 0 Å². The van der Waals surface area contributed by atoms with Crippen LogP contribution in [0.4, 0.5) is 0 Å². The Kier molecular flexibility index (Phi) is 1.92. The van der Waals surface area contributed by atoms with Gasteiger partial charge < -0.3 is 5.32 Å². The summed E-state index contributed by atoms with van der Waals surface area (Å²) in [6.07, 6.45) is 4.51. The lowest BCUT2D eigenvalue weighted by Crippen LogP contribution is -2.12. The SMILES string of the molecule is Cc1cnc([C@@H]2CCCN2)s1. The first-order chi connectivity index (χ1) is 5.36. The Morgan fingerprint density at radius 1 is 1.73 bits per heavy atom. The zero-order chi connectivity index (χ0) is 7.68. The molecule has 1 saturated heterocycles. The lowest BCUT2D eigenvalue weighted by atomic mass is 10.2. The van der Waals surface area contributed by atoms with Crippen LogP contribution >= 0.6 is 11.3 Å². The Balaban J connectivity index is 2.15. The van der Waals surface area contributed by atoms with Crippen LogP contribution in [0.5, 0.6) is 0 Å². The van der Waals surface area contributed by atoms with Gasteiger partial charge in [-0.1, -0.05) is 0 Å². The molecule has 0 unspecified atom stereocenters. The summed E-state index contributed by atoms with van der Waals surface area (Å²) in [6.45, 7) is 3.26. The van der Waals surface area contributed by atoms with Gasteiger partial charge in [0, 0.05) is 11.1 Å². The van der Waals surface area contributed by atoms with E-state index in [0.29, 0.717) is 6.04 Å². The predicted molar refractivity (Wildman–Crippen MR) is 46.8 cm³/mol. The third-order valence-corrected chi connectivity index (χ3v) is 3.02. The van der Waals surface area contributed by atoms with Crippen molar-refractivity contribution in [2.24, 2.45) is 0 Å². The van der Waals surface area contributed by atoms with Crippen LogP contribution in [-0.2, 0) is 0 Å². The smallest absolute Gasteiger partial charge is 0.110 e. The van der Waals surface area contributed by atoms with Crippen LogP contribution in [0, 0.1) is 6.92 Å². The fraction of sp³-hybridized carbons (Fsp3) is 0.625. The van der Waals surface area contributed by atoms with Gasteiger partial charge in [0.05, 0.1) is 6.04 Å². The number of nitrogens with one attached hydrogen (secondary N) is 1. The predicted octanol–water partition coefficient (Wildman–Crippen LogP) is 1.88. The van der Waals surface area contributed by atoms with Crippen LogP contribution in [0.1, 0.15) is 28.8 Å². The Hall–Kier alpha value is -0.410. The number of nitrogens with zero attached hydrogens (tertiary/aromatic N) is 1. The van der Waals surface area contributed by atoms with Crippen LogP contribution in [-0.4, -0.2) is 11.5 Å². The van der Waals surface area contributed by atoms with E-state index in [1.165, 1.54) is 22.7 Å². The zero-order valence-electron chi connectivity index (χ0n) is 6.63. The Morgan fingerprint density at radius 3 is 3.18 bits per heavy atom. The van der Waals surface area contributed by atoms with E-state index < -0.39 is 0 Å². The molecule has 1 aliphatic rings. The maximum absolute atomic E-state index is 4.35. The number of thiazole rings is 1. The maximum Gasteiger partial charge on any atom is 0.110 e. The Labute approximate surface area is 70.7 Å². The molecular formula is C8H12N2S. The van der Waals surface area contributed by atoms with Crippen LogP contribution in [0.15, 0.2) is 6.20 Å². The number of hydrogen-bond donors (Lipinski definition) is 1. The standard InChI is InChI=1S/C8H12N2S/c1-6-5-10-8(11-6)7-3-2-4-9-7/h5,7,9H,2-4H2,1H3/t7-/m0/s1. The minimum atomic E-state index is 0.550. The molecule has 0 amide bonds. The van der Waals surface area contributed by atoms with Crippen LogP contribution < -0.4 is 5.32 Å². The van der Waals surface area contributed by atoms with Crippen molar-refractivity contribution >= 4 is 11.3 Å². The fourth-order valence-corrected chi connectivity index (χ4v) is 2.31.